The second-order valence-electron chi connectivity index (χ2n) is 3.14. The monoisotopic (exact) mass is 191 g/mol. The van der Waals surface area contributed by atoms with Crippen LogP contribution in [0.3, 0.4) is 0 Å². The Morgan fingerprint density at radius 3 is 2.64 bits per heavy atom. The van der Waals surface area contributed by atoms with Crippen LogP contribution in [-0.4, -0.2) is 14.8 Å². The molecule has 0 saturated carbocycles. The van der Waals surface area contributed by atoms with E-state index in [9.17, 15) is 4.39 Å². The number of aromatic nitrogens is 3. The van der Waals surface area contributed by atoms with E-state index in [0.29, 0.717) is 5.82 Å². The molecule has 2 rings (SSSR count). The average molecular weight is 191 g/mol. The largest absolute Gasteiger partial charge is 0.314 e. The van der Waals surface area contributed by atoms with Crippen LogP contribution >= 0.6 is 0 Å². The van der Waals surface area contributed by atoms with Crippen molar-refractivity contribution in [3.63, 3.8) is 0 Å². The van der Waals surface area contributed by atoms with E-state index in [1.807, 2.05) is 24.6 Å². The third-order valence-electron chi connectivity index (χ3n) is 2.18. The molecule has 14 heavy (non-hydrogen) atoms. The molecule has 3 nitrogen and oxygen atoms in total. The number of rotatable bonds is 1. The van der Waals surface area contributed by atoms with Gasteiger partial charge in [0.1, 0.15) is 11.6 Å². The smallest absolute Gasteiger partial charge is 0.163 e. The summed E-state index contributed by atoms with van der Waals surface area (Å²) in [6, 6.07) is 6.33. The molecule has 1 heterocycles. The quantitative estimate of drug-likeness (QED) is 0.689. The number of halogens is 1. The van der Waals surface area contributed by atoms with Gasteiger partial charge in [-0.2, -0.15) is 0 Å². The molecule has 0 fully saturated rings. The molecule has 1 aromatic heterocycles. The Kier molecular flexibility index (Phi) is 2.04. The van der Waals surface area contributed by atoms with Crippen molar-refractivity contribution in [1.82, 2.24) is 14.8 Å². The molecule has 4 heteroatoms. The van der Waals surface area contributed by atoms with E-state index in [-0.39, 0.29) is 5.82 Å². The Bertz CT molecular complexity index is 462. The van der Waals surface area contributed by atoms with E-state index in [1.165, 1.54) is 12.1 Å². The molecule has 0 spiro atoms. The lowest BCUT2D eigenvalue weighted by Gasteiger charge is -2.00. The summed E-state index contributed by atoms with van der Waals surface area (Å²) in [5.74, 6) is 1.23. The molecular formula is C10H10FN3. The Morgan fingerprint density at radius 1 is 1.29 bits per heavy atom. The summed E-state index contributed by atoms with van der Waals surface area (Å²) in [5.41, 5.74) is 0.744. The summed E-state index contributed by atoms with van der Waals surface area (Å²) in [6.45, 7) is 1.86. The van der Waals surface area contributed by atoms with Crippen LogP contribution in [0.15, 0.2) is 24.3 Å². The fraction of sp³-hybridized carbons (Fsp3) is 0.200. The fourth-order valence-electron chi connectivity index (χ4n) is 1.29. The van der Waals surface area contributed by atoms with Gasteiger partial charge in [-0.1, -0.05) is 12.1 Å². The molecule has 0 atom stereocenters. The molecule has 0 unspecified atom stereocenters. The first kappa shape index (κ1) is 8.87. The minimum atomic E-state index is -0.261. The Morgan fingerprint density at radius 2 is 2.07 bits per heavy atom. The fourth-order valence-corrected chi connectivity index (χ4v) is 1.29. The van der Waals surface area contributed by atoms with E-state index < -0.39 is 0 Å². The second-order valence-corrected chi connectivity index (χ2v) is 3.14. The van der Waals surface area contributed by atoms with Crippen molar-refractivity contribution >= 4 is 0 Å². The predicted octanol–water partition coefficient (Wildman–Crippen LogP) is 1.93. The molecular weight excluding hydrogens is 181 g/mol. The molecule has 0 radical (unpaired) electrons. The summed E-state index contributed by atoms with van der Waals surface area (Å²) in [4.78, 5) is 0. The lowest BCUT2D eigenvalue weighted by Crippen LogP contribution is -1.94. The summed E-state index contributed by atoms with van der Waals surface area (Å²) in [5, 5.41) is 7.89. The van der Waals surface area contributed by atoms with Crippen LogP contribution in [0.1, 0.15) is 5.82 Å². The number of aryl methyl sites for hydroxylation is 1. The minimum absolute atomic E-state index is 0.261. The standard InChI is InChI=1S/C10H10FN3/c1-7-12-13-10(14(7)2)8-4-3-5-9(11)6-8/h3-6H,1-2H3. The van der Waals surface area contributed by atoms with Crippen molar-refractivity contribution in [2.45, 2.75) is 6.92 Å². The van der Waals surface area contributed by atoms with Gasteiger partial charge in [0.25, 0.3) is 0 Å². The lowest BCUT2D eigenvalue weighted by atomic mass is 10.2. The van der Waals surface area contributed by atoms with E-state index in [4.69, 9.17) is 0 Å². The Hall–Kier alpha value is -1.71. The van der Waals surface area contributed by atoms with Crippen LogP contribution in [0.2, 0.25) is 0 Å². The molecule has 0 saturated heterocycles. The zero-order valence-electron chi connectivity index (χ0n) is 8.03. The van der Waals surface area contributed by atoms with Crippen molar-refractivity contribution in [2.24, 2.45) is 7.05 Å². The number of hydrogen-bond donors (Lipinski definition) is 0. The summed E-state index contributed by atoms with van der Waals surface area (Å²) >= 11 is 0. The molecule has 0 aliphatic carbocycles. The minimum Gasteiger partial charge on any atom is -0.314 e. The SMILES string of the molecule is Cc1nnc(-c2cccc(F)c2)n1C. The zero-order chi connectivity index (χ0) is 10.1. The van der Waals surface area contributed by atoms with Crippen molar-refractivity contribution in [3.05, 3.63) is 35.9 Å². The molecule has 1 aromatic carbocycles. The second kappa shape index (κ2) is 3.21. The normalized spacial score (nSPS) is 10.5. The maximum absolute atomic E-state index is 12.9. The van der Waals surface area contributed by atoms with Crippen LogP contribution in [-0.2, 0) is 7.05 Å². The maximum atomic E-state index is 12.9. The Labute approximate surface area is 81.2 Å². The van der Waals surface area contributed by atoms with Crippen LogP contribution in [0.25, 0.3) is 11.4 Å². The highest BCUT2D eigenvalue weighted by Gasteiger charge is 2.07. The molecule has 0 aliphatic heterocycles. The van der Waals surface area contributed by atoms with Gasteiger partial charge in [0.2, 0.25) is 0 Å². The van der Waals surface area contributed by atoms with Gasteiger partial charge in [0.15, 0.2) is 5.82 Å². The lowest BCUT2D eigenvalue weighted by molar-refractivity contribution is 0.628. The third kappa shape index (κ3) is 1.39. The van der Waals surface area contributed by atoms with E-state index in [0.717, 1.165) is 11.4 Å². The predicted molar refractivity (Wildman–Crippen MR) is 51.1 cm³/mol. The molecule has 72 valence electrons. The van der Waals surface area contributed by atoms with Crippen LogP contribution in [0.4, 0.5) is 4.39 Å². The number of nitrogens with zero attached hydrogens (tertiary/aromatic N) is 3. The molecule has 0 bridgehead atoms. The van der Waals surface area contributed by atoms with Crippen LogP contribution < -0.4 is 0 Å². The van der Waals surface area contributed by atoms with Gasteiger partial charge >= 0.3 is 0 Å². The van der Waals surface area contributed by atoms with Gasteiger partial charge in [-0.3, -0.25) is 0 Å². The van der Waals surface area contributed by atoms with E-state index in [1.54, 1.807) is 6.07 Å². The highest BCUT2D eigenvalue weighted by molar-refractivity contribution is 5.54. The number of benzene rings is 1. The van der Waals surface area contributed by atoms with E-state index in [2.05, 4.69) is 10.2 Å². The van der Waals surface area contributed by atoms with Crippen LogP contribution in [0.5, 0.6) is 0 Å². The van der Waals surface area contributed by atoms with Crippen molar-refractivity contribution in [2.75, 3.05) is 0 Å². The van der Waals surface area contributed by atoms with Gasteiger partial charge in [-0.15, -0.1) is 10.2 Å². The van der Waals surface area contributed by atoms with Crippen molar-refractivity contribution in [3.8, 4) is 11.4 Å². The first-order valence-electron chi connectivity index (χ1n) is 4.30. The topological polar surface area (TPSA) is 30.7 Å². The number of hydrogen-bond acceptors (Lipinski definition) is 2. The van der Waals surface area contributed by atoms with Gasteiger partial charge in [-0.05, 0) is 19.1 Å². The average Bonchev–Trinajstić information content (AvgIpc) is 2.48. The van der Waals surface area contributed by atoms with Crippen molar-refractivity contribution in [1.29, 1.82) is 0 Å². The van der Waals surface area contributed by atoms with Gasteiger partial charge in [0.05, 0.1) is 0 Å². The van der Waals surface area contributed by atoms with Crippen LogP contribution in [0, 0.1) is 12.7 Å². The highest BCUT2D eigenvalue weighted by atomic mass is 19.1. The summed E-state index contributed by atoms with van der Waals surface area (Å²) < 4.78 is 14.8. The van der Waals surface area contributed by atoms with Crippen molar-refractivity contribution < 1.29 is 4.39 Å². The molecule has 2 aromatic rings. The zero-order valence-corrected chi connectivity index (χ0v) is 8.03. The van der Waals surface area contributed by atoms with Gasteiger partial charge < -0.3 is 4.57 Å². The van der Waals surface area contributed by atoms with E-state index >= 15 is 0 Å². The third-order valence-corrected chi connectivity index (χ3v) is 2.18. The van der Waals surface area contributed by atoms with Gasteiger partial charge in [0, 0.05) is 12.6 Å². The highest BCUT2D eigenvalue weighted by Crippen LogP contribution is 2.17. The summed E-state index contributed by atoms with van der Waals surface area (Å²) in [7, 11) is 1.86. The maximum Gasteiger partial charge on any atom is 0.163 e. The molecule has 0 aliphatic rings. The first-order chi connectivity index (χ1) is 6.68. The summed E-state index contributed by atoms with van der Waals surface area (Å²) in [6.07, 6.45) is 0. The Balaban J connectivity index is 2.55. The van der Waals surface area contributed by atoms with Gasteiger partial charge in [-0.25, -0.2) is 4.39 Å². The first-order valence-corrected chi connectivity index (χ1v) is 4.30. The molecule has 0 N–H and O–H groups in total. The molecule has 0 amide bonds.